The molecule has 3 rings (SSSR count). The summed E-state index contributed by atoms with van der Waals surface area (Å²) in [6, 6.07) is 0. The average Bonchev–Trinajstić information content (AvgIpc) is 3.10. The number of aromatic nitrogens is 4. The highest BCUT2D eigenvalue weighted by Crippen LogP contribution is 2.26. The van der Waals surface area contributed by atoms with Crippen molar-refractivity contribution in [3.8, 4) is 0 Å². The summed E-state index contributed by atoms with van der Waals surface area (Å²) in [6.07, 6.45) is 6.83. The number of aromatic amines is 1. The van der Waals surface area contributed by atoms with E-state index in [1.807, 2.05) is 6.20 Å². The molecular formula is C15H23N5O. The Balaban J connectivity index is 1.61. The third-order valence-corrected chi connectivity index (χ3v) is 3.86. The van der Waals surface area contributed by atoms with Gasteiger partial charge < -0.3 is 9.51 Å². The second kappa shape index (κ2) is 6.39. The maximum atomic E-state index is 5.48. The van der Waals surface area contributed by atoms with Crippen LogP contribution in [0.3, 0.4) is 0 Å². The molecule has 0 bridgehead atoms. The lowest BCUT2D eigenvalue weighted by Gasteiger charge is -2.30. The van der Waals surface area contributed by atoms with Crippen LogP contribution in [0.1, 0.15) is 50.1 Å². The molecule has 0 spiro atoms. The molecule has 0 aliphatic carbocycles. The van der Waals surface area contributed by atoms with Crippen molar-refractivity contribution >= 4 is 0 Å². The number of imidazole rings is 1. The summed E-state index contributed by atoms with van der Waals surface area (Å²) in [5, 5.41) is 4.11. The normalized spacial score (nSPS) is 20.2. The summed E-state index contributed by atoms with van der Waals surface area (Å²) >= 11 is 0. The molecule has 1 fully saturated rings. The minimum atomic E-state index is 0.349. The Morgan fingerprint density at radius 1 is 1.48 bits per heavy atom. The van der Waals surface area contributed by atoms with E-state index >= 15 is 0 Å². The highest BCUT2D eigenvalue weighted by molar-refractivity contribution is 4.98. The molecule has 0 aromatic carbocycles. The Labute approximate surface area is 125 Å². The van der Waals surface area contributed by atoms with E-state index in [9.17, 15) is 0 Å². The molecule has 0 radical (unpaired) electrons. The Morgan fingerprint density at radius 3 is 3.14 bits per heavy atom. The summed E-state index contributed by atoms with van der Waals surface area (Å²) in [5.41, 5.74) is 0. The molecule has 1 atom stereocenters. The van der Waals surface area contributed by atoms with Gasteiger partial charge in [-0.15, -0.1) is 0 Å². The van der Waals surface area contributed by atoms with Gasteiger partial charge in [-0.2, -0.15) is 4.98 Å². The summed E-state index contributed by atoms with van der Waals surface area (Å²) < 4.78 is 5.48. The van der Waals surface area contributed by atoms with Gasteiger partial charge in [0.2, 0.25) is 5.89 Å². The maximum absolute atomic E-state index is 5.48. The monoisotopic (exact) mass is 289 g/mol. The number of rotatable bonds is 5. The summed E-state index contributed by atoms with van der Waals surface area (Å²) in [7, 11) is 0. The fourth-order valence-electron chi connectivity index (χ4n) is 2.88. The zero-order valence-corrected chi connectivity index (χ0v) is 12.7. The van der Waals surface area contributed by atoms with Crippen LogP contribution in [-0.4, -0.2) is 38.1 Å². The van der Waals surface area contributed by atoms with Crippen molar-refractivity contribution in [1.29, 1.82) is 0 Å². The van der Waals surface area contributed by atoms with Crippen LogP contribution < -0.4 is 0 Å². The fraction of sp³-hybridized carbons (Fsp3) is 0.667. The molecule has 0 amide bonds. The number of likely N-dealkylation sites (tertiary alicyclic amines) is 1. The van der Waals surface area contributed by atoms with Crippen LogP contribution in [0.15, 0.2) is 16.9 Å². The van der Waals surface area contributed by atoms with Gasteiger partial charge in [-0.3, -0.25) is 4.90 Å². The first-order valence-corrected chi connectivity index (χ1v) is 7.74. The quantitative estimate of drug-likeness (QED) is 0.915. The van der Waals surface area contributed by atoms with Gasteiger partial charge in [0.15, 0.2) is 5.82 Å². The van der Waals surface area contributed by atoms with Crippen molar-refractivity contribution in [2.45, 2.75) is 45.6 Å². The van der Waals surface area contributed by atoms with E-state index in [-0.39, 0.29) is 0 Å². The largest absolute Gasteiger partial charge is 0.348 e. The predicted molar refractivity (Wildman–Crippen MR) is 78.7 cm³/mol. The number of nitrogens with zero attached hydrogens (tertiary/aromatic N) is 4. The van der Waals surface area contributed by atoms with Crippen molar-refractivity contribution in [1.82, 2.24) is 25.0 Å². The van der Waals surface area contributed by atoms with Crippen molar-refractivity contribution < 1.29 is 4.52 Å². The predicted octanol–water partition coefficient (Wildman–Crippen LogP) is 2.37. The van der Waals surface area contributed by atoms with Gasteiger partial charge in [-0.25, -0.2) is 4.98 Å². The van der Waals surface area contributed by atoms with Crippen LogP contribution in [0.4, 0.5) is 0 Å². The summed E-state index contributed by atoms with van der Waals surface area (Å²) in [4.78, 5) is 14.4. The van der Waals surface area contributed by atoms with Crippen LogP contribution in [0, 0.1) is 5.92 Å². The lowest BCUT2D eigenvalue weighted by molar-refractivity contribution is 0.177. The standard InChI is InChI=1S/C15H23N5O/c1-11(2)8-13-18-15(21-19-13)12-4-3-7-20(9-12)10-14-16-5-6-17-14/h5-6,11-12H,3-4,7-10H2,1-2H3,(H,16,17)/t12-/m1/s1. The van der Waals surface area contributed by atoms with Gasteiger partial charge in [0.05, 0.1) is 12.5 Å². The van der Waals surface area contributed by atoms with E-state index < -0.39 is 0 Å². The Bertz CT molecular complexity index is 548. The van der Waals surface area contributed by atoms with Crippen molar-refractivity contribution in [2.24, 2.45) is 5.92 Å². The Kier molecular flexibility index (Phi) is 4.34. The number of hydrogen-bond acceptors (Lipinski definition) is 5. The Morgan fingerprint density at radius 2 is 2.38 bits per heavy atom. The summed E-state index contributed by atoms with van der Waals surface area (Å²) in [5.74, 6) is 3.55. The van der Waals surface area contributed by atoms with E-state index in [1.54, 1.807) is 6.20 Å². The highest BCUT2D eigenvalue weighted by Gasteiger charge is 2.26. The number of hydrogen-bond donors (Lipinski definition) is 1. The van der Waals surface area contributed by atoms with E-state index in [0.717, 1.165) is 56.4 Å². The number of piperidine rings is 1. The zero-order valence-electron chi connectivity index (χ0n) is 12.7. The minimum Gasteiger partial charge on any atom is -0.348 e. The van der Waals surface area contributed by atoms with E-state index in [1.165, 1.54) is 0 Å². The van der Waals surface area contributed by atoms with Crippen LogP contribution in [-0.2, 0) is 13.0 Å². The molecule has 1 N–H and O–H groups in total. The molecule has 2 aromatic heterocycles. The van der Waals surface area contributed by atoms with Crippen molar-refractivity contribution in [3.63, 3.8) is 0 Å². The molecule has 0 unspecified atom stereocenters. The third kappa shape index (κ3) is 3.69. The summed E-state index contributed by atoms with van der Waals surface area (Å²) in [6.45, 7) is 7.26. The van der Waals surface area contributed by atoms with E-state index in [0.29, 0.717) is 11.8 Å². The van der Waals surface area contributed by atoms with Gasteiger partial charge in [-0.05, 0) is 25.3 Å². The smallest absolute Gasteiger partial charge is 0.231 e. The molecule has 1 aliphatic heterocycles. The van der Waals surface area contributed by atoms with Crippen LogP contribution >= 0.6 is 0 Å². The molecule has 3 heterocycles. The van der Waals surface area contributed by atoms with Crippen LogP contribution in [0.5, 0.6) is 0 Å². The van der Waals surface area contributed by atoms with Gasteiger partial charge in [0.1, 0.15) is 5.82 Å². The second-order valence-corrected chi connectivity index (χ2v) is 6.26. The minimum absolute atomic E-state index is 0.349. The highest BCUT2D eigenvalue weighted by atomic mass is 16.5. The van der Waals surface area contributed by atoms with E-state index in [2.05, 4.69) is 38.9 Å². The molecule has 1 aliphatic rings. The Hall–Kier alpha value is -1.69. The zero-order chi connectivity index (χ0) is 14.7. The molecule has 114 valence electrons. The molecule has 0 saturated carbocycles. The number of H-pyrrole nitrogens is 1. The molecule has 6 nitrogen and oxygen atoms in total. The lowest BCUT2D eigenvalue weighted by Crippen LogP contribution is -2.34. The average molecular weight is 289 g/mol. The number of nitrogens with one attached hydrogen (secondary N) is 1. The molecule has 6 heteroatoms. The molecular weight excluding hydrogens is 266 g/mol. The van der Waals surface area contributed by atoms with Crippen LogP contribution in [0.2, 0.25) is 0 Å². The first-order valence-electron chi connectivity index (χ1n) is 7.74. The molecule has 2 aromatic rings. The van der Waals surface area contributed by atoms with Crippen molar-refractivity contribution in [3.05, 3.63) is 29.9 Å². The molecule has 1 saturated heterocycles. The first kappa shape index (κ1) is 14.3. The maximum Gasteiger partial charge on any atom is 0.231 e. The van der Waals surface area contributed by atoms with Gasteiger partial charge in [0.25, 0.3) is 0 Å². The van der Waals surface area contributed by atoms with E-state index in [4.69, 9.17) is 4.52 Å². The fourth-order valence-corrected chi connectivity index (χ4v) is 2.88. The molecule has 21 heavy (non-hydrogen) atoms. The SMILES string of the molecule is CC(C)Cc1noc([C@@H]2CCCN(Cc3ncc[nH]3)C2)n1. The van der Waals surface area contributed by atoms with Crippen LogP contribution in [0.25, 0.3) is 0 Å². The first-order chi connectivity index (χ1) is 10.2. The van der Waals surface area contributed by atoms with Gasteiger partial charge in [-0.1, -0.05) is 19.0 Å². The topological polar surface area (TPSA) is 70.8 Å². The lowest BCUT2D eigenvalue weighted by atomic mass is 9.98. The second-order valence-electron chi connectivity index (χ2n) is 6.26. The van der Waals surface area contributed by atoms with Crippen molar-refractivity contribution in [2.75, 3.05) is 13.1 Å². The van der Waals surface area contributed by atoms with Gasteiger partial charge >= 0.3 is 0 Å². The third-order valence-electron chi connectivity index (χ3n) is 3.86. The van der Waals surface area contributed by atoms with Gasteiger partial charge in [0, 0.05) is 25.4 Å².